The van der Waals surface area contributed by atoms with E-state index in [1.807, 2.05) is 0 Å². The van der Waals surface area contributed by atoms with Crippen LogP contribution >= 0.6 is 11.6 Å². The van der Waals surface area contributed by atoms with E-state index < -0.39 is 23.7 Å². The highest BCUT2D eigenvalue weighted by Gasteiger charge is 2.34. The Labute approximate surface area is 246 Å². The maximum absolute atomic E-state index is 14.2. The molecule has 1 saturated carbocycles. The van der Waals surface area contributed by atoms with Crippen molar-refractivity contribution in [1.29, 1.82) is 0 Å². The fourth-order valence-corrected chi connectivity index (χ4v) is 4.65. The summed E-state index contributed by atoms with van der Waals surface area (Å²) in [5.74, 6) is -2.07. The van der Waals surface area contributed by atoms with Crippen molar-refractivity contribution in [1.82, 2.24) is 20.1 Å². The number of halogens is 2. The van der Waals surface area contributed by atoms with Crippen LogP contribution in [0.4, 0.5) is 14.9 Å². The summed E-state index contributed by atoms with van der Waals surface area (Å²) in [5, 5.41) is 8.13. The standard InChI is InChI=1S/C29H31ClFN5O6/c1-3-42-29(41)33-13-25(38)34-19-7-10-24-21(11-19)22(17(2)37)14-35(24)16-27(40)36(20-8-9-20)15-26(39)32-12-18-5-4-6-23(30)28(18)31/h4-7,10-11,14,20H,3,8-9,12-13,15-16H2,1-2H3,(H,32,39)(H,33,41)(H,34,38). The Morgan fingerprint density at radius 2 is 1.86 bits per heavy atom. The minimum Gasteiger partial charge on any atom is -0.450 e. The van der Waals surface area contributed by atoms with Gasteiger partial charge < -0.3 is 30.2 Å². The van der Waals surface area contributed by atoms with Gasteiger partial charge in [0.25, 0.3) is 0 Å². The second-order valence-corrected chi connectivity index (χ2v) is 10.2. The number of carbonyl (C=O) groups is 5. The molecule has 4 amide bonds. The number of rotatable bonds is 12. The maximum atomic E-state index is 14.2. The SMILES string of the molecule is CCOC(=O)NCC(=O)Nc1ccc2c(c1)c(C(C)=O)cn2CC(=O)N(CC(=O)NCc1cccc(Cl)c1F)C1CC1. The van der Waals surface area contributed by atoms with Crippen LogP contribution in [0, 0.1) is 5.82 Å². The van der Waals surface area contributed by atoms with Crippen LogP contribution in [-0.2, 0) is 32.2 Å². The van der Waals surface area contributed by atoms with Crippen molar-refractivity contribution in [2.45, 2.75) is 45.8 Å². The third-order valence-corrected chi connectivity index (χ3v) is 6.94. The molecule has 3 N–H and O–H groups in total. The van der Waals surface area contributed by atoms with Crippen LogP contribution in [0.15, 0.2) is 42.6 Å². The minimum atomic E-state index is -0.712. The van der Waals surface area contributed by atoms with Crippen LogP contribution in [0.25, 0.3) is 10.9 Å². The lowest BCUT2D eigenvalue weighted by molar-refractivity contribution is -0.137. The number of Topliss-reactive ketones (excluding diaryl/α,β-unsaturated/α-hetero) is 1. The molecule has 42 heavy (non-hydrogen) atoms. The van der Waals surface area contributed by atoms with Gasteiger partial charge in [0.15, 0.2) is 5.78 Å². The van der Waals surface area contributed by atoms with Crippen LogP contribution in [0.3, 0.4) is 0 Å². The molecule has 0 radical (unpaired) electrons. The van der Waals surface area contributed by atoms with E-state index in [2.05, 4.69) is 16.0 Å². The summed E-state index contributed by atoms with van der Waals surface area (Å²) in [4.78, 5) is 63.7. The normalized spacial score (nSPS) is 12.5. The molecule has 222 valence electrons. The van der Waals surface area contributed by atoms with Gasteiger partial charge in [0, 0.05) is 46.5 Å². The number of fused-ring (bicyclic) bond motifs is 1. The molecular formula is C29H31ClFN5O6. The molecule has 1 aromatic heterocycles. The Morgan fingerprint density at radius 1 is 1.10 bits per heavy atom. The second kappa shape index (κ2) is 13.5. The maximum Gasteiger partial charge on any atom is 0.407 e. The molecule has 0 atom stereocenters. The number of nitrogens with one attached hydrogen (secondary N) is 3. The van der Waals surface area contributed by atoms with Gasteiger partial charge in [-0.15, -0.1) is 0 Å². The van der Waals surface area contributed by atoms with Gasteiger partial charge in [0.05, 0.1) is 18.2 Å². The van der Waals surface area contributed by atoms with Gasteiger partial charge in [0.1, 0.15) is 18.9 Å². The predicted molar refractivity (Wildman–Crippen MR) is 154 cm³/mol. The molecule has 11 nitrogen and oxygen atoms in total. The summed E-state index contributed by atoms with van der Waals surface area (Å²) in [6.07, 6.45) is 2.39. The summed E-state index contributed by atoms with van der Waals surface area (Å²) in [6.45, 7) is 2.54. The van der Waals surface area contributed by atoms with Crippen molar-refractivity contribution in [3.05, 3.63) is 64.6 Å². The summed E-state index contributed by atoms with van der Waals surface area (Å²) in [7, 11) is 0. The number of alkyl carbamates (subject to hydrolysis) is 1. The monoisotopic (exact) mass is 599 g/mol. The molecule has 1 aliphatic carbocycles. The molecule has 1 heterocycles. The third kappa shape index (κ3) is 7.64. The zero-order valence-electron chi connectivity index (χ0n) is 23.2. The highest BCUT2D eigenvalue weighted by Crippen LogP contribution is 2.29. The van der Waals surface area contributed by atoms with Gasteiger partial charge in [-0.25, -0.2) is 9.18 Å². The Balaban J connectivity index is 1.44. The first-order valence-corrected chi connectivity index (χ1v) is 13.8. The van der Waals surface area contributed by atoms with E-state index >= 15 is 0 Å². The van der Waals surface area contributed by atoms with E-state index in [1.54, 1.807) is 42.0 Å². The van der Waals surface area contributed by atoms with Crippen molar-refractivity contribution >= 4 is 57.8 Å². The van der Waals surface area contributed by atoms with Gasteiger partial charge in [0.2, 0.25) is 17.7 Å². The van der Waals surface area contributed by atoms with Crippen LogP contribution in [-0.4, -0.2) is 64.8 Å². The summed E-state index contributed by atoms with van der Waals surface area (Å²) < 4.78 is 20.5. The van der Waals surface area contributed by atoms with Gasteiger partial charge in [-0.05, 0) is 51.0 Å². The van der Waals surface area contributed by atoms with Crippen LogP contribution < -0.4 is 16.0 Å². The molecule has 13 heteroatoms. The van der Waals surface area contributed by atoms with E-state index in [0.717, 1.165) is 12.8 Å². The van der Waals surface area contributed by atoms with Crippen molar-refractivity contribution in [2.75, 3.05) is 25.0 Å². The number of benzene rings is 2. The van der Waals surface area contributed by atoms with Crippen molar-refractivity contribution in [3.63, 3.8) is 0 Å². The summed E-state index contributed by atoms with van der Waals surface area (Å²) in [6, 6.07) is 9.37. The van der Waals surface area contributed by atoms with Crippen LogP contribution in [0.5, 0.6) is 0 Å². The third-order valence-electron chi connectivity index (χ3n) is 6.65. The van der Waals surface area contributed by atoms with E-state index in [-0.39, 0.29) is 61.1 Å². The molecule has 1 aliphatic rings. The van der Waals surface area contributed by atoms with Crippen LogP contribution in [0.2, 0.25) is 5.02 Å². The topological polar surface area (TPSA) is 139 Å². The summed E-state index contributed by atoms with van der Waals surface area (Å²) >= 11 is 5.81. The van der Waals surface area contributed by atoms with Gasteiger partial charge >= 0.3 is 6.09 Å². The van der Waals surface area contributed by atoms with Crippen LogP contribution in [0.1, 0.15) is 42.6 Å². The van der Waals surface area contributed by atoms with Gasteiger partial charge in [-0.2, -0.15) is 0 Å². The highest BCUT2D eigenvalue weighted by molar-refractivity contribution is 6.30. The quantitative estimate of drug-likeness (QED) is 0.272. The molecule has 1 fully saturated rings. The first-order valence-electron chi connectivity index (χ1n) is 13.4. The highest BCUT2D eigenvalue weighted by atomic mass is 35.5. The number of aromatic nitrogens is 1. The Morgan fingerprint density at radius 3 is 2.55 bits per heavy atom. The number of ether oxygens (including phenoxy) is 1. The number of nitrogens with zero attached hydrogens (tertiary/aromatic N) is 2. The molecule has 2 aromatic carbocycles. The van der Waals surface area contributed by atoms with E-state index in [1.165, 1.54) is 24.0 Å². The number of hydrogen-bond donors (Lipinski definition) is 3. The second-order valence-electron chi connectivity index (χ2n) is 9.82. The van der Waals surface area contributed by atoms with E-state index in [0.29, 0.717) is 22.2 Å². The average Bonchev–Trinajstić information content (AvgIpc) is 3.73. The van der Waals surface area contributed by atoms with Crippen molar-refractivity contribution in [3.8, 4) is 0 Å². The minimum absolute atomic E-state index is 0.0408. The Kier molecular flexibility index (Phi) is 9.79. The zero-order valence-corrected chi connectivity index (χ0v) is 23.9. The first-order chi connectivity index (χ1) is 20.1. The lowest BCUT2D eigenvalue weighted by atomic mass is 10.1. The van der Waals surface area contributed by atoms with Crippen molar-refractivity contribution in [2.24, 2.45) is 0 Å². The smallest absolute Gasteiger partial charge is 0.407 e. The van der Waals surface area contributed by atoms with Gasteiger partial charge in [-0.1, -0.05) is 23.7 Å². The lowest BCUT2D eigenvalue weighted by Gasteiger charge is -2.22. The predicted octanol–water partition coefficient (Wildman–Crippen LogP) is 3.63. The molecule has 3 aromatic rings. The number of amides is 4. The largest absolute Gasteiger partial charge is 0.450 e. The lowest BCUT2D eigenvalue weighted by Crippen LogP contribution is -2.43. The van der Waals surface area contributed by atoms with Gasteiger partial charge in [-0.3, -0.25) is 19.2 Å². The molecule has 0 saturated heterocycles. The first kappa shape index (κ1) is 30.5. The molecule has 4 rings (SSSR count). The zero-order chi connectivity index (χ0) is 30.4. The van der Waals surface area contributed by atoms with E-state index in [4.69, 9.17) is 16.3 Å². The number of hydrogen-bond acceptors (Lipinski definition) is 6. The van der Waals surface area contributed by atoms with E-state index in [9.17, 15) is 28.4 Å². The summed E-state index contributed by atoms with van der Waals surface area (Å²) in [5.41, 5.74) is 1.59. The number of anilines is 1. The fourth-order valence-electron chi connectivity index (χ4n) is 4.46. The molecule has 0 unspecified atom stereocenters. The fraction of sp³-hybridized carbons (Fsp3) is 0.345. The molecule has 0 bridgehead atoms. The average molecular weight is 600 g/mol. The molecule has 0 spiro atoms. The Hall–Kier alpha value is -4.45. The van der Waals surface area contributed by atoms with Crippen molar-refractivity contribution < 1.29 is 33.1 Å². The Bertz CT molecular complexity index is 1540. The molecule has 0 aliphatic heterocycles. The molecular weight excluding hydrogens is 569 g/mol. The number of ketones is 1. The number of carbonyl (C=O) groups excluding carboxylic acids is 5.